The SMILES string of the molecule is CCOC(=O)C(NC(=O)OC(C)(C)C)C(O)C(C)C. The maximum absolute atomic E-state index is 11.7. The molecule has 0 heterocycles. The van der Waals surface area contributed by atoms with Crippen molar-refractivity contribution < 1.29 is 24.2 Å². The molecule has 0 saturated carbocycles. The van der Waals surface area contributed by atoms with Gasteiger partial charge < -0.3 is 19.9 Å². The molecular formula is C13H25NO5. The molecule has 0 aromatic rings. The number of hydrogen-bond donors (Lipinski definition) is 2. The molecule has 6 heteroatoms. The van der Waals surface area contributed by atoms with E-state index in [1.54, 1.807) is 41.5 Å². The molecule has 0 fully saturated rings. The fourth-order valence-electron chi connectivity index (χ4n) is 1.34. The van der Waals surface area contributed by atoms with E-state index in [0.717, 1.165) is 0 Å². The zero-order chi connectivity index (χ0) is 15.2. The van der Waals surface area contributed by atoms with Crippen LogP contribution in [0.5, 0.6) is 0 Å². The van der Waals surface area contributed by atoms with Crippen LogP contribution < -0.4 is 5.32 Å². The summed E-state index contributed by atoms with van der Waals surface area (Å²) < 4.78 is 9.89. The predicted octanol–water partition coefficient (Wildman–Crippen LogP) is 1.46. The summed E-state index contributed by atoms with van der Waals surface area (Å²) in [5.41, 5.74) is -0.675. The summed E-state index contributed by atoms with van der Waals surface area (Å²) in [6.07, 6.45) is -1.79. The van der Waals surface area contributed by atoms with Gasteiger partial charge in [-0.25, -0.2) is 9.59 Å². The number of amides is 1. The largest absolute Gasteiger partial charge is 0.464 e. The van der Waals surface area contributed by atoms with Crippen LogP contribution in [0.3, 0.4) is 0 Å². The van der Waals surface area contributed by atoms with Crippen molar-refractivity contribution >= 4 is 12.1 Å². The summed E-state index contributed by atoms with van der Waals surface area (Å²) in [6, 6.07) is -1.13. The fraction of sp³-hybridized carbons (Fsp3) is 0.846. The van der Waals surface area contributed by atoms with Gasteiger partial charge in [-0.15, -0.1) is 0 Å². The van der Waals surface area contributed by atoms with Gasteiger partial charge in [-0.3, -0.25) is 0 Å². The molecule has 2 N–H and O–H groups in total. The normalized spacial score (nSPS) is 14.7. The van der Waals surface area contributed by atoms with Gasteiger partial charge in [0.05, 0.1) is 12.7 Å². The highest BCUT2D eigenvalue weighted by Crippen LogP contribution is 2.11. The Hall–Kier alpha value is -1.30. The van der Waals surface area contributed by atoms with Gasteiger partial charge in [0, 0.05) is 0 Å². The lowest BCUT2D eigenvalue weighted by Crippen LogP contribution is -2.52. The molecule has 0 aliphatic heterocycles. The average Bonchev–Trinajstić information content (AvgIpc) is 2.22. The number of ether oxygens (including phenoxy) is 2. The molecule has 0 aliphatic carbocycles. The molecule has 0 radical (unpaired) electrons. The molecule has 0 aromatic heterocycles. The zero-order valence-corrected chi connectivity index (χ0v) is 12.5. The van der Waals surface area contributed by atoms with Crippen LogP contribution in [0, 0.1) is 5.92 Å². The Bertz CT molecular complexity index is 309. The molecule has 19 heavy (non-hydrogen) atoms. The van der Waals surface area contributed by atoms with Gasteiger partial charge in [-0.05, 0) is 33.6 Å². The number of rotatable bonds is 5. The maximum atomic E-state index is 11.7. The number of hydrogen-bond acceptors (Lipinski definition) is 5. The smallest absolute Gasteiger partial charge is 0.408 e. The van der Waals surface area contributed by atoms with Crippen molar-refractivity contribution in [3.8, 4) is 0 Å². The van der Waals surface area contributed by atoms with Crippen molar-refractivity contribution in [2.24, 2.45) is 5.92 Å². The fourth-order valence-corrected chi connectivity index (χ4v) is 1.34. The quantitative estimate of drug-likeness (QED) is 0.742. The van der Waals surface area contributed by atoms with E-state index in [1.807, 2.05) is 0 Å². The molecule has 0 spiro atoms. The van der Waals surface area contributed by atoms with Crippen molar-refractivity contribution in [3.05, 3.63) is 0 Å². The lowest BCUT2D eigenvalue weighted by Gasteiger charge is -2.27. The number of carbonyl (C=O) groups excluding carboxylic acids is 2. The van der Waals surface area contributed by atoms with E-state index in [4.69, 9.17) is 9.47 Å². The third kappa shape index (κ3) is 7.00. The summed E-state index contributed by atoms with van der Waals surface area (Å²) >= 11 is 0. The van der Waals surface area contributed by atoms with E-state index < -0.39 is 29.8 Å². The van der Waals surface area contributed by atoms with Gasteiger partial charge in [-0.1, -0.05) is 13.8 Å². The monoisotopic (exact) mass is 275 g/mol. The Kier molecular flexibility index (Phi) is 6.83. The van der Waals surface area contributed by atoms with Crippen molar-refractivity contribution in [1.82, 2.24) is 5.32 Å². The molecule has 0 bridgehead atoms. The van der Waals surface area contributed by atoms with Crippen LogP contribution in [0.1, 0.15) is 41.5 Å². The van der Waals surface area contributed by atoms with Crippen molar-refractivity contribution in [1.29, 1.82) is 0 Å². The molecule has 2 atom stereocenters. The molecule has 0 saturated heterocycles. The third-order valence-corrected chi connectivity index (χ3v) is 2.24. The third-order valence-electron chi connectivity index (χ3n) is 2.24. The maximum Gasteiger partial charge on any atom is 0.408 e. The Morgan fingerprint density at radius 3 is 2.16 bits per heavy atom. The second kappa shape index (κ2) is 7.33. The minimum absolute atomic E-state index is 0.177. The minimum atomic E-state index is -1.13. The number of aliphatic hydroxyl groups excluding tert-OH is 1. The molecular weight excluding hydrogens is 250 g/mol. The van der Waals surface area contributed by atoms with Crippen LogP contribution in [0.4, 0.5) is 4.79 Å². The number of aliphatic hydroxyl groups is 1. The summed E-state index contributed by atoms with van der Waals surface area (Å²) in [5.74, 6) is -0.876. The number of carbonyl (C=O) groups is 2. The Labute approximate surface area is 114 Å². The van der Waals surface area contributed by atoms with E-state index in [2.05, 4.69) is 5.32 Å². The summed E-state index contributed by atoms with van der Waals surface area (Å²) in [7, 11) is 0. The molecule has 0 aromatic carbocycles. The van der Waals surface area contributed by atoms with Crippen LogP contribution in [-0.2, 0) is 14.3 Å². The van der Waals surface area contributed by atoms with Crippen molar-refractivity contribution in [3.63, 3.8) is 0 Å². The number of nitrogens with one attached hydrogen (secondary N) is 1. The first-order chi connectivity index (χ1) is 8.58. The van der Waals surface area contributed by atoms with E-state index in [-0.39, 0.29) is 12.5 Å². The molecule has 1 amide bonds. The van der Waals surface area contributed by atoms with Crippen LogP contribution in [0.15, 0.2) is 0 Å². The van der Waals surface area contributed by atoms with Crippen molar-refractivity contribution in [2.45, 2.75) is 59.3 Å². The van der Waals surface area contributed by atoms with Gasteiger partial charge in [-0.2, -0.15) is 0 Å². The van der Waals surface area contributed by atoms with Gasteiger partial charge in [0.25, 0.3) is 0 Å². The minimum Gasteiger partial charge on any atom is -0.464 e. The first kappa shape index (κ1) is 17.7. The Balaban J connectivity index is 4.76. The van der Waals surface area contributed by atoms with Gasteiger partial charge in [0.1, 0.15) is 5.60 Å². The highest BCUT2D eigenvalue weighted by atomic mass is 16.6. The standard InChI is InChI=1S/C13H25NO5/c1-7-18-11(16)9(10(15)8(2)3)14-12(17)19-13(4,5)6/h8-10,15H,7H2,1-6H3,(H,14,17). The second-order valence-corrected chi connectivity index (χ2v) is 5.61. The summed E-state index contributed by atoms with van der Waals surface area (Å²) in [5, 5.41) is 12.3. The van der Waals surface area contributed by atoms with E-state index in [0.29, 0.717) is 0 Å². The van der Waals surface area contributed by atoms with E-state index in [1.165, 1.54) is 0 Å². The number of esters is 1. The molecule has 2 unspecified atom stereocenters. The van der Waals surface area contributed by atoms with Gasteiger partial charge in [0.2, 0.25) is 0 Å². The Morgan fingerprint density at radius 2 is 1.79 bits per heavy atom. The predicted molar refractivity (Wildman–Crippen MR) is 70.6 cm³/mol. The highest BCUT2D eigenvalue weighted by Gasteiger charge is 2.33. The topological polar surface area (TPSA) is 84.9 Å². The van der Waals surface area contributed by atoms with Gasteiger partial charge in [0.15, 0.2) is 6.04 Å². The van der Waals surface area contributed by atoms with E-state index in [9.17, 15) is 14.7 Å². The summed E-state index contributed by atoms with van der Waals surface area (Å²) in [6.45, 7) is 10.5. The molecule has 6 nitrogen and oxygen atoms in total. The van der Waals surface area contributed by atoms with E-state index >= 15 is 0 Å². The second-order valence-electron chi connectivity index (χ2n) is 5.61. The van der Waals surface area contributed by atoms with Crippen LogP contribution in [0.2, 0.25) is 0 Å². The zero-order valence-electron chi connectivity index (χ0n) is 12.5. The Morgan fingerprint density at radius 1 is 1.26 bits per heavy atom. The first-order valence-corrected chi connectivity index (χ1v) is 6.42. The van der Waals surface area contributed by atoms with Crippen molar-refractivity contribution in [2.75, 3.05) is 6.61 Å². The lowest BCUT2D eigenvalue weighted by atomic mass is 10.00. The highest BCUT2D eigenvalue weighted by molar-refractivity contribution is 5.82. The number of alkyl carbamates (subject to hydrolysis) is 1. The average molecular weight is 275 g/mol. The molecule has 112 valence electrons. The molecule has 0 rings (SSSR count). The van der Waals surface area contributed by atoms with Crippen LogP contribution >= 0.6 is 0 Å². The van der Waals surface area contributed by atoms with Crippen LogP contribution in [0.25, 0.3) is 0 Å². The van der Waals surface area contributed by atoms with Crippen LogP contribution in [-0.4, -0.2) is 41.5 Å². The molecule has 0 aliphatic rings. The lowest BCUT2D eigenvalue weighted by molar-refractivity contribution is -0.149. The summed E-state index contributed by atoms with van der Waals surface area (Å²) in [4.78, 5) is 23.4. The first-order valence-electron chi connectivity index (χ1n) is 6.42. The van der Waals surface area contributed by atoms with Gasteiger partial charge >= 0.3 is 12.1 Å².